The van der Waals surface area contributed by atoms with Crippen molar-refractivity contribution in [3.63, 3.8) is 0 Å². The lowest BCUT2D eigenvalue weighted by Crippen LogP contribution is -2.14. The van der Waals surface area contributed by atoms with Crippen LogP contribution in [0.2, 0.25) is 10.0 Å². The molecule has 16 heavy (non-hydrogen) atoms. The first-order chi connectivity index (χ1) is 7.58. The third kappa shape index (κ3) is 3.68. The Morgan fingerprint density at radius 1 is 1.50 bits per heavy atom. The van der Waals surface area contributed by atoms with E-state index in [-0.39, 0.29) is 6.61 Å². The first kappa shape index (κ1) is 13.9. The van der Waals surface area contributed by atoms with E-state index in [0.29, 0.717) is 26.6 Å². The summed E-state index contributed by atoms with van der Waals surface area (Å²) in [5.74, 6) is 0.862. The van der Waals surface area contributed by atoms with Crippen LogP contribution >= 0.6 is 35.0 Å². The second kappa shape index (κ2) is 6.51. The van der Waals surface area contributed by atoms with Gasteiger partial charge in [-0.2, -0.15) is 0 Å². The van der Waals surface area contributed by atoms with Crippen molar-refractivity contribution >= 4 is 40.8 Å². The molecule has 0 saturated heterocycles. The van der Waals surface area contributed by atoms with E-state index in [1.165, 1.54) is 11.8 Å². The zero-order valence-electron chi connectivity index (χ0n) is 8.57. The van der Waals surface area contributed by atoms with E-state index < -0.39 is 6.10 Å². The van der Waals surface area contributed by atoms with Gasteiger partial charge in [0.1, 0.15) is 10.8 Å². The van der Waals surface area contributed by atoms with E-state index in [0.717, 1.165) is 0 Å². The first-order valence-corrected chi connectivity index (χ1v) is 6.28. The average molecular weight is 283 g/mol. The minimum Gasteiger partial charge on any atom is -0.394 e. The Kier molecular flexibility index (Phi) is 5.64. The number of hydrogen-bond donors (Lipinski definition) is 3. The summed E-state index contributed by atoms with van der Waals surface area (Å²) < 4.78 is 0. The predicted molar refractivity (Wildman–Crippen MR) is 67.6 cm³/mol. The average Bonchev–Trinajstić information content (AvgIpc) is 2.27. The standard InChI is InChI=1S/C9H12Cl2N2O2S/c1-12-8-6(10)2-7(11)9(13-8)16-4-5(15)3-14/h2,5,14-15H,3-4H2,1H3,(H,12,13). The SMILES string of the molecule is CNc1nc(SCC(O)CO)c(Cl)cc1Cl. The van der Waals surface area contributed by atoms with Gasteiger partial charge in [-0.3, -0.25) is 0 Å². The molecule has 0 spiro atoms. The van der Waals surface area contributed by atoms with Gasteiger partial charge >= 0.3 is 0 Å². The Bertz CT molecular complexity index is 366. The molecule has 1 unspecified atom stereocenters. The highest BCUT2D eigenvalue weighted by molar-refractivity contribution is 7.99. The van der Waals surface area contributed by atoms with Gasteiger partial charge in [0.25, 0.3) is 0 Å². The van der Waals surface area contributed by atoms with E-state index in [2.05, 4.69) is 10.3 Å². The van der Waals surface area contributed by atoms with Gasteiger partial charge in [0.15, 0.2) is 0 Å². The Labute approximate surface area is 108 Å². The van der Waals surface area contributed by atoms with E-state index in [9.17, 15) is 5.11 Å². The van der Waals surface area contributed by atoms with Crippen LogP contribution < -0.4 is 5.32 Å². The second-order valence-electron chi connectivity index (χ2n) is 3.00. The Morgan fingerprint density at radius 2 is 2.19 bits per heavy atom. The molecular weight excluding hydrogens is 271 g/mol. The molecule has 90 valence electrons. The molecule has 7 heteroatoms. The van der Waals surface area contributed by atoms with Crippen molar-refractivity contribution < 1.29 is 10.2 Å². The quantitative estimate of drug-likeness (QED) is 0.720. The minimum atomic E-state index is -0.781. The van der Waals surface area contributed by atoms with Crippen molar-refractivity contribution in [1.82, 2.24) is 4.98 Å². The fraction of sp³-hybridized carbons (Fsp3) is 0.444. The monoisotopic (exact) mass is 282 g/mol. The first-order valence-electron chi connectivity index (χ1n) is 4.54. The summed E-state index contributed by atoms with van der Waals surface area (Å²) in [6, 6.07) is 1.59. The van der Waals surface area contributed by atoms with Crippen LogP contribution in [-0.2, 0) is 0 Å². The molecule has 0 aliphatic carbocycles. The van der Waals surface area contributed by atoms with Gasteiger partial charge in [0, 0.05) is 12.8 Å². The Hall–Kier alpha value is -0.200. The molecule has 0 fully saturated rings. The highest BCUT2D eigenvalue weighted by Crippen LogP contribution is 2.31. The third-order valence-electron chi connectivity index (χ3n) is 1.76. The number of aromatic nitrogens is 1. The fourth-order valence-electron chi connectivity index (χ4n) is 0.954. The topological polar surface area (TPSA) is 65.4 Å². The molecule has 0 amide bonds. The van der Waals surface area contributed by atoms with Crippen LogP contribution in [0.25, 0.3) is 0 Å². The predicted octanol–water partition coefficient (Wildman–Crippen LogP) is 1.88. The number of pyridine rings is 1. The van der Waals surface area contributed by atoms with Crippen LogP contribution in [0.5, 0.6) is 0 Å². The van der Waals surface area contributed by atoms with Crippen LogP contribution in [0, 0.1) is 0 Å². The van der Waals surface area contributed by atoms with E-state index in [1.807, 2.05) is 0 Å². The minimum absolute atomic E-state index is 0.281. The van der Waals surface area contributed by atoms with Gasteiger partial charge in [0.05, 0.1) is 22.8 Å². The van der Waals surface area contributed by atoms with Crippen molar-refractivity contribution in [3.05, 3.63) is 16.1 Å². The molecule has 1 atom stereocenters. The van der Waals surface area contributed by atoms with Gasteiger partial charge in [-0.15, -0.1) is 11.8 Å². The summed E-state index contributed by atoms with van der Waals surface area (Å²) >= 11 is 13.1. The second-order valence-corrected chi connectivity index (χ2v) is 4.83. The molecule has 0 aromatic carbocycles. The van der Waals surface area contributed by atoms with Crippen LogP contribution in [0.1, 0.15) is 0 Å². The van der Waals surface area contributed by atoms with Gasteiger partial charge < -0.3 is 15.5 Å². The van der Waals surface area contributed by atoms with Crippen molar-refractivity contribution in [2.24, 2.45) is 0 Å². The number of aliphatic hydroxyl groups excluding tert-OH is 2. The lowest BCUT2D eigenvalue weighted by atomic mass is 10.4. The summed E-state index contributed by atoms with van der Waals surface area (Å²) in [7, 11) is 1.71. The molecule has 1 rings (SSSR count). The molecule has 0 saturated carbocycles. The molecule has 0 radical (unpaired) electrons. The van der Waals surface area contributed by atoms with Gasteiger partial charge in [-0.25, -0.2) is 4.98 Å². The number of halogens is 2. The summed E-state index contributed by atoms with van der Waals surface area (Å²) in [5, 5.41) is 22.2. The largest absolute Gasteiger partial charge is 0.394 e. The Balaban J connectivity index is 2.79. The number of aliphatic hydroxyl groups is 2. The normalized spacial score (nSPS) is 12.6. The maximum Gasteiger partial charge on any atom is 0.145 e. The number of anilines is 1. The lowest BCUT2D eigenvalue weighted by Gasteiger charge is -2.09. The van der Waals surface area contributed by atoms with Crippen LogP contribution in [0.15, 0.2) is 11.1 Å². The highest BCUT2D eigenvalue weighted by Gasteiger charge is 2.11. The van der Waals surface area contributed by atoms with Crippen molar-refractivity contribution in [2.75, 3.05) is 24.7 Å². The number of nitrogens with zero attached hydrogens (tertiary/aromatic N) is 1. The summed E-state index contributed by atoms with van der Waals surface area (Å²) in [5.41, 5.74) is 0. The van der Waals surface area contributed by atoms with Gasteiger partial charge in [-0.1, -0.05) is 23.2 Å². The lowest BCUT2D eigenvalue weighted by molar-refractivity contribution is 0.113. The number of hydrogen-bond acceptors (Lipinski definition) is 5. The molecule has 0 aliphatic heterocycles. The number of nitrogens with one attached hydrogen (secondary N) is 1. The fourth-order valence-corrected chi connectivity index (χ4v) is 2.38. The highest BCUT2D eigenvalue weighted by atomic mass is 35.5. The molecule has 1 aromatic heterocycles. The van der Waals surface area contributed by atoms with E-state index in [4.69, 9.17) is 28.3 Å². The zero-order valence-corrected chi connectivity index (χ0v) is 10.9. The van der Waals surface area contributed by atoms with Crippen molar-refractivity contribution in [3.8, 4) is 0 Å². The van der Waals surface area contributed by atoms with Crippen LogP contribution in [0.3, 0.4) is 0 Å². The molecular formula is C9H12Cl2N2O2S. The summed E-state index contributed by atoms with van der Waals surface area (Å²) in [6.07, 6.45) is -0.781. The molecule has 3 N–H and O–H groups in total. The van der Waals surface area contributed by atoms with E-state index in [1.54, 1.807) is 13.1 Å². The molecule has 0 bridgehead atoms. The number of rotatable bonds is 5. The van der Waals surface area contributed by atoms with E-state index >= 15 is 0 Å². The van der Waals surface area contributed by atoms with Crippen molar-refractivity contribution in [2.45, 2.75) is 11.1 Å². The summed E-state index contributed by atoms with van der Waals surface area (Å²) in [6.45, 7) is -0.281. The van der Waals surface area contributed by atoms with Gasteiger partial charge in [-0.05, 0) is 6.07 Å². The molecule has 1 aromatic rings. The maximum atomic E-state index is 9.21. The van der Waals surface area contributed by atoms with Crippen molar-refractivity contribution in [1.29, 1.82) is 0 Å². The smallest absolute Gasteiger partial charge is 0.145 e. The Morgan fingerprint density at radius 3 is 2.75 bits per heavy atom. The third-order valence-corrected chi connectivity index (χ3v) is 3.58. The maximum absolute atomic E-state index is 9.21. The van der Waals surface area contributed by atoms with Gasteiger partial charge in [0.2, 0.25) is 0 Å². The summed E-state index contributed by atoms with van der Waals surface area (Å²) in [4.78, 5) is 4.19. The molecule has 1 heterocycles. The van der Waals surface area contributed by atoms with Crippen LogP contribution in [-0.4, -0.2) is 40.7 Å². The number of thioether (sulfide) groups is 1. The molecule has 0 aliphatic rings. The van der Waals surface area contributed by atoms with Crippen LogP contribution in [0.4, 0.5) is 5.82 Å². The molecule has 4 nitrogen and oxygen atoms in total. The zero-order chi connectivity index (χ0) is 12.1.